The van der Waals surface area contributed by atoms with Crippen molar-refractivity contribution in [3.63, 3.8) is 0 Å². The van der Waals surface area contributed by atoms with Crippen LogP contribution in [0.1, 0.15) is 29.6 Å². The van der Waals surface area contributed by atoms with Gasteiger partial charge in [-0.1, -0.05) is 28.1 Å². The molecule has 4 rings (SSSR count). The molecule has 1 heterocycles. The van der Waals surface area contributed by atoms with E-state index in [2.05, 4.69) is 45.1 Å². The quantitative estimate of drug-likeness (QED) is 0.309. The predicted molar refractivity (Wildman–Crippen MR) is 122 cm³/mol. The largest absolute Gasteiger partial charge is 0.494 e. The average molecular weight is 470 g/mol. The summed E-state index contributed by atoms with van der Waals surface area (Å²) in [6.45, 7) is 3.49. The molecule has 1 saturated heterocycles. The van der Waals surface area contributed by atoms with Gasteiger partial charge in [-0.3, -0.25) is 4.79 Å². The number of hydrogen-bond acceptors (Lipinski definition) is 3. The van der Waals surface area contributed by atoms with Crippen molar-refractivity contribution < 1.29 is 13.9 Å². The monoisotopic (exact) mass is 469 g/mol. The standard InChI is InChI=1S/C25H25BrFNO2/c26-22-6-2-21-17-24(9-5-20(21)16-22)30-15-1-12-28-13-10-19(11-14-28)25(29)18-3-7-23(27)8-4-18/h2-9,16-17,19H,1,10-15H2. The number of carbonyl (C=O) groups is 1. The maximum atomic E-state index is 13.1. The third-order valence-corrected chi connectivity index (χ3v) is 6.24. The van der Waals surface area contributed by atoms with Gasteiger partial charge >= 0.3 is 0 Å². The molecule has 1 aliphatic rings. The maximum Gasteiger partial charge on any atom is 0.166 e. The molecular weight excluding hydrogens is 445 g/mol. The molecule has 1 fully saturated rings. The van der Waals surface area contributed by atoms with E-state index in [1.165, 1.54) is 22.9 Å². The summed E-state index contributed by atoms with van der Waals surface area (Å²) >= 11 is 3.50. The van der Waals surface area contributed by atoms with Gasteiger partial charge in [-0.25, -0.2) is 4.39 Å². The lowest BCUT2D eigenvalue weighted by Gasteiger charge is -2.31. The molecule has 3 aromatic rings. The van der Waals surface area contributed by atoms with Crippen molar-refractivity contribution in [2.45, 2.75) is 19.3 Å². The van der Waals surface area contributed by atoms with E-state index in [0.29, 0.717) is 12.2 Å². The van der Waals surface area contributed by atoms with Crippen LogP contribution >= 0.6 is 15.9 Å². The molecule has 0 bridgehead atoms. The lowest BCUT2D eigenvalue weighted by atomic mass is 9.89. The van der Waals surface area contributed by atoms with Gasteiger partial charge in [-0.05, 0) is 91.7 Å². The molecule has 0 atom stereocenters. The highest BCUT2D eigenvalue weighted by Crippen LogP contribution is 2.25. The first kappa shape index (κ1) is 21.0. The summed E-state index contributed by atoms with van der Waals surface area (Å²) in [5.41, 5.74) is 0.617. The minimum absolute atomic E-state index is 0.0422. The maximum absolute atomic E-state index is 13.1. The molecule has 1 aliphatic heterocycles. The van der Waals surface area contributed by atoms with E-state index in [4.69, 9.17) is 4.74 Å². The van der Waals surface area contributed by atoms with Crippen molar-refractivity contribution in [3.05, 3.63) is 76.5 Å². The van der Waals surface area contributed by atoms with E-state index in [1.54, 1.807) is 12.1 Å². The Bertz CT molecular complexity index is 1010. The van der Waals surface area contributed by atoms with Crippen LogP contribution in [0.4, 0.5) is 4.39 Å². The second-order valence-corrected chi connectivity index (χ2v) is 8.76. The highest BCUT2D eigenvalue weighted by molar-refractivity contribution is 9.10. The Morgan fingerprint density at radius 1 is 1.00 bits per heavy atom. The number of benzene rings is 3. The van der Waals surface area contributed by atoms with Crippen LogP contribution in [-0.4, -0.2) is 36.9 Å². The fraction of sp³-hybridized carbons (Fsp3) is 0.320. The van der Waals surface area contributed by atoms with Crippen LogP contribution in [0.3, 0.4) is 0 Å². The third kappa shape index (κ3) is 5.27. The van der Waals surface area contributed by atoms with E-state index in [-0.39, 0.29) is 17.5 Å². The molecule has 5 heteroatoms. The Balaban J connectivity index is 1.19. The Kier molecular flexibility index (Phi) is 6.80. The number of piperidine rings is 1. The minimum atomic E-state index is -0.305. The molecule has 0 saturated carbocycles. The SMILES string of the molecule is O=C(c1ccc(F)cc1)C1CCN(CCCOc2ccc3cc(Br)ccc3c2)CC1. The summed E-state index contributed by atoms with van der Waals surface area (Å²) in [6.07, 6.45) is 2.67. The molecule has 0 radical (unpaired) electrons. The summed E-state index contributed by atoms with van der Waals surface area (Å²) < 4.78 is 20.1. The van der Waals surface area contributed by atoms with Gasteiger partial charge in [0.2, 0.25) is 0 Å². The van der Waals surface area contributed by atoms with Gasteiger partial charge in [0.05, 0.1) is 6.61 Å². The highest BCUT2D eigenvalue weighted by atomic mass is 79.9. The van der Waals surface area contributed by atoms with Crippen LogP contribution in [0.2, 0.25) is 0 Å². The van der Waals surface area contributed by atoms with Crippen molar-refractivity contribution >= 4 is 32.5 Å². The molecule has 0 aliphatic carbocycles. The third-order valence-electron chi connectivity index (χ3n) is 5.75. The molecule has 0 amide bonds. The smallest absolute Gasteiger partial charge is 0.166 e. The number of likely N-dealkylation sites (tertiary alicyclic amines) is 1. The van der Waals surface area contributed by atoms with Crippen molar-refractivity contribution in [1.82, 2.24) is 4.90 Å². The average Bonchev–Trinajstić information content (AvgIpc) is 2.77. The van der Waals surface area contributed by atoms with Crippen molar-refractivity contribution in [3.8, 4) is 5.75 Å². The van der Waals surface area contributed by atoms with E-state index in [1.807, 2.05) is 12.1 Å². The van der Waals surface area contributed by atoms with Crippen LogP contribution in [0.25, 0.3) is 10.8 Å². The number of carbonyl (C=O) groups excluding carboxylic acids is 1. The minimum Gasteiger partial charge on any atom is -0.494 e. The van der Waals surface area contributed by atoms with Gasteiger partial charge in [0.25, 0.3) is 0 Å². The molecule has 3 aromatic carbocycles. The Hall–Kier alpha value is -2.24. The van der Waals surface area contributed by atoms with Gasteiger partial charge in [-0.2, -0.15) is 0 Å². The van der Waals surface area contributed by atoms with Crippen LogP contribution < -0.4 is 4.74 Å². The number of ketones is 1. The van der Waals surface area contributed by atoms with E-state index in [0.717, 1.165) is 49.1 Å². The fourth-order valence-electron chi connectivity index (χ4n) is 4.03. The number of hydrogen-bond donors (Lipinski definition) is 0. The Labute approximate surface area is 185 Å². The predicted octanol–water partition coefficient (Wildman–Crippen LogP) is 6.11. The summed E-state index contributed by atoms with van der Waals surface area (Å²) in [4.78, 5) is 15.0. The van der Waals surface area contributed by atoms with Gasteiger partial charge in [0.15, 0.2) is 5.78 Å². The first-order valence-electron chi connectivity index (χ1n) is 10.4. The zero-order chi connectivity index (χ0) is 20.9. The lowest BCUT2D eigenvalue weighted by Crippen LogP contribution is -2.37. The van der Waals surface area contributed by atoms with Gasteiger partial charge in [0, 0.05) is 22.5 Å². The van der Waals surface area contributed by atoms with E-state index >= 15 is 0 Å². The van der Waals surface area contributed by atoms with Crippen LogP contribution in [-0.2, 0) is 0 Å². The molecule has 3 nitrogen and oxygen atoms in total. The first-order valence-corrected chi connectivity index (χ1v) is 11.2. The number of rotatable bonds is 7. The van der Waals surface area contributed by atoms with Crippen molar-refractivity contribution in [1.29, 1.82) is 0 Å². The van der Waals surface area contributed by atoms with E-state index in [9.17, 15) is 9.18 Å². The molecule has 0 N–H and O–H groups in total. The topological polar surface area (TPSA) is 29.5 Å². The second-order valence-electron chi connectivity index (χ2n) is 7.84. The zero-order valence-electron chi connectivity index (χ0n) is 16.8. The molecule has 30 heavy (non-hydrogen) atoms. The molecule has 0 spiro atoms. The zero-order valence-corrected chi connectivity index (χ0v) is 18.4. The first-order chi connectivity index (χ1) is 14.6. The van der Waals surface area contributed by atoms with Gasteiger partial charge in [-0.15, -0.1) is 0 Å². The molecular formula is C25H25BrFNO2. The van der Waals surface area contributed by atoms with Crippen LogP contribution in [0.5, 0.6) is 5.75 Å². The Morgan fingerprint density at radius 3 is 2.47 bits per heavy atom. The number of nitrogens with zero attached hydrogens (tertiary/aromatic N) is 1. The number of fused-ring (bicyclic) bond motifs is 1. The number of ether oxygens (including phenoxy) is 1. The van der Waals surface area contributed by atoms with Gasteiger partial charge < -0.3 is 9.64 Å². The Morgan fingerprint density at radius 2 is 1.70 bits per heavy atom. The number of Topliss-reactive ketones (excluding diaryl/α,β-unsaturated/α-hetero) is 1. The lowest BCUT2D eigenvalue weighted by molar-refractivity contribution is 0.0835. The fourth-order valence-corrected chi connectivity index (χ4v) is 4.41. The molecule has 0 unspecified atom stereocenters. The van der Waals surface area contributed by atoms with Gasteiger partial charge in [0.1, 0.15) is 11.6 Å². The van der Waals surface area contributed by atoms with E-state index < -0.39 is 0 Å². The summed E-state index contributed by atoms with van der Waals surface area (Å²) in [5.74, 6) is 0.774. The highest BCUT2D eigenvalue weighted by Gasteiger charge is 2.25. The normalized spacial score (nSPS) is 15.4. The van der Waals surface area contributed by atoms with Crippen molar-refractivity contribution in [2.24, 2.45) is 5.92 Å². The molecule has 0 aromatic heterocycles. The molecule has 156 valence electrons. The van der Waals surface area contributed by atoms with Crippen molar-refractivity contribution in [2.75, 3.05) is 26.2 Å². The number of halogens is 2. The van der Waals surface area contributed by atoms with Crippen LogP contribution in [0, 0.1) is 11.7 Å². The van der Waals surface area contributed by atoms with Crippen LogP contribution in [0.15, 0.2) is 65.1 Å². The summed E-state index contributed by atoms with van der Waals surface area (Å²) in [6, 6.07) is 18.3. The summed E-state index contributed by atoms with van der Waals surface area (Å²) in [5, 5.41) is 2.36. The second kappa shape index (κ2) is 9.71. The summed E-state index contributed by atoms with van der Waals surface area (Å²) in [7, 11) is 0.